The third kappa shape index (κ3) is 3.61. The number of nitrogens with zero attached hydrogens (tertiary/aromatic N) is 3. The number of halogens is 2. The molecule has 5 nitrogen and oxygen atoms in total. The van der Waals surface area contributed by atoms with Gasteiger partial charge in [0.05, 0.1) is 5.69 Å². The zero-order valence-electron chi connectivity index (χ0n) is 11.9. The van der Waals surface area contributed by atoms with Crippen LogP contribution in [-0.2, 0) is 0 Å². The number of carboxylic acids is 1. The van der Waals surface area contributed by atoms with E-state index in [0.717, 1.165) is 0 Å². The molecule has 2 rings (SSSR count). The third-order valence-corrected chi connectivity index (χ3v) is 4.01. The first kappa shape index (κ1) is 15.9. The number of anilines is 1. The van der Waals surface area contributed by atoms with Crippen molar-refractivity contribution >= 4 is 23.5 Å². The molecule has 0 aromatic carbocycles. The summed E-state index contributed by atoms with van der Waals surface area (Å²) in [5.74, 6) is -3.58. The molecule has 0 aliphatic carbocycles. The molecule has 0 saturated carbocycles. The molecule has 1 aromatic rings. The Bertz CT molecular complexity index is 554. The van der Waals surface area contributed by atoms with E-state index >= 15 is 0 Å². The van der Waals surface area contributed by atoms with Crippen molar-refractivity contribution in [2.75, 3.05) is 24.2 Å². The van der Waals surface area contributed by atoms with Crippen LogP contribution in [0.4, 0.5) is 14.6 Å². The summed E-state index contributed by atoms with van der Waals surface area (Å²) >= 11 is 1.30. The lowest BCUT2D eigenvalue weighted by Gasteiger charge is -2.24. The molecule has 1 N–H and O–H groups in total. The first-order valence-electron chi connectivity index (χ1n) is 6.63. The second-order valence-electron chi connectivity index (χ2n) is 5.00. The van der Waals surface area contributed by atoms with Crippen LogP contribution in [-0.4, -0.2) is 46.3 Å². The van der Waals surface area contributed by atoms with Crippen LogP contribution in [0.5, 0.6) is 0 Å². The minimum absolute atomic E-state index is 0.00184. The maximum atomic E-state index is 13.5. The molecule has 0 atom stereocenters. The smallest absolute Gasteiger partial charge is 0.341 e. The molecule has 1 aromatic heterocycles. The van der Waals surface area contributed by atoms with E-state index in [4.69, 9.17) is 0 Å². The van der Waals surface area contributed by atoms with E-state index in [-0.39, 0.29) is 30.8 Å². The number of rotatable bonds is 3. The van der Waals surface area contributed by atoms with Gasteiger partial charge in [-0.05, 0) is 19.6 Å². The van der Waals surface area contributed by atoms with Gasteiger partial charge in [0.1, 0.15) is 11.4 Å². The molecule has 116 valence electrons. The molecular weight excluding hydrogens is 300 g/mol. The Hall–Kier alpha value is -1.44. The number of hydrogen-bond acceptors (Lipinski definition) is 5. The maximum Gasteiger partial charge on any atom is 0.341 e. The Morgan fingerprint density at radius 3 is 2.67 bits per heavy atom. The summed E-state index contributed by atoms with van der Waals surface area (Å²) in [7, 11) is 0. The highest BCUT2D eigenvalue weighted by molar-refractivity contribution is 7.98. The Kier molecular flexibility index (Phi) is 4.65. The standard InChI is InChI=1S/C13H17F2N3O2S/c1-8-9(11(19)20)10(17-12(16-8)21-2)18-6-3-4-13(14,15)5-7-18/h3-7H2,1-2H3,(H,19,20). The van der Waals surface area contributed by atoms with Crippen LogP contribution in [0.2, 0.25) is 0 Å². The predicted octanol–water partition coefficient (Wildman–Crippen LogP) is 2.83. The zero-order chi connectivity index (χ0) is 15.6. The quantitative estimate of drug-likeness (QED) is 0.683. The van der Waals surface area contributed by atoms with E-state index in [1.54, 1.807) is 18.1 Å². The maximum absolute atomic E-state index is 13.5. The summed E-state index contributed by atoms with van der Waals surface area (Å²) in [6.45, 7) is 2.07. The number of hydrogen-bond donors (Lipinski definition) is 1. The Morgan fingerprint density at radius 2 is 2.05 bits per heavy atom. The Balaban J connectivity index is 2.41. The molecular formula is C13H17F2N3O2S. The van der Waals surface area contributed by atoms with Crippen molar-refractivity contribution in [3.63, 3.8) is 0 Å². The van der Waals surface area contributed by atoms with Gasteiger partial charge in [-0.3, -0.25) is 0 Å². The molecule has 2 heterocycles. The molecule has 0 bridgehead atoms. The molecule has 1 fully saturated rings. The number of carbonyl (C=O) groups is 1. The van der Waals surface area contributed by atoms with Crippen LogP contribution in [0.3, 0.4) is 0 Å². The SMILES string of the molecule is CSc1nc(C)c(C(=O)O)c(N2CCCC(F)(F)CC2)n1. The summed E-state index contributed by atoms with van der Waals surface area (Å²) in [5.41, 5.74) is 0.353. The van der Waals surface area contributed by atoms with Crippen LogP contribution in [0.1, 0.15) is 35.3 Å². The van der Waals surface area contributed by atoms with Crippen LogP contribution in [0.25, 0.3) is 0 Å². The number of aromatic carboxylic acids is 1. The summed E-state index contributed by atoms with van der Waals surface area (Å²) < 4.78 is 26.9. The van der Waals surface area contributed by atoms with E-state index in [1.807, 2.05) is 0 Å². The Morgan fingerprint density at radius 1 is 1.33 bits per heavy atom. The van der Waals surface area contributed by atoms with Gasteiger partial charge >= 0.3 is 5.97 Å². The number of aromatic nitrogens is 2. The summed E-state index contributed by atoms with van der Waals surface area (Å²) in [6, 6.07) is 0. The highest BCUT2D eigenvalue weighted by atomic mass is 32.2. The van der Waals surface area contributed by atoms with Gasteiger partial charge in [0.15, 0.2) is 5.16 Å². The van der Waals surface area contributed by atoms with Gasteiger partial charge in [-0.15, -0.1) is 0 Å². The average Bonchev–Trinajstić information content (AvgIpc) is 2.58. The molecule has 21 heavy (non-hydrogen) atoms. The number of alkyl halides is 2. The Labute approximate surface area is 125 Å². The molecule has 0 unspecified atom stereocenters. The van der Waals surface area contributed by atoms with Crippen molar-refractivity contribution in [2.45, 2.75) is 37.3 Å². The summed E-state index contributed by atoms with van der Waals surface area (Å²) in [6.07, 6.45) is 1.63. The number of thioether (sulfide) groups is 1. The van der Waals surface area contributed by atoms with E-state index < -0.39 is 11.9 Å². The fourth-order valence-electron chi connectivity index (χ4n) is 2.38. The van der Waals surface area contributed by atoms with Gasteiger partial charge in [-0.2, -0.15) is 0 Å². The average molecular weight is 317 g/mol. The van der Waals surface area contributed by atoms with E-state index in [0.29, 0.717) is 23.8 Å². The van der Waals surface area contributed by atoms with E-state index in [9.17, 15) is 18.7 Å². The largest absolute Gasteiger partial charge is 0.477 e. The second kappa shape index (κ2) is 6.13. The lowest BCUT2D eigenvalue weighted by atomic mass is 10.1. The summed E-state index contributed by atoms with van der Waals surface area (Å²) in [5, 5.41) is 9.80. The third-order valence-electron chi connectivity index (χ3n) is 3.46. The van der Waals surface area contributed by atoms with Crippen molar-refractivity contribution in [2.24, 2.45) is 0 Å². The van der Waals surface area contributed by atoms with Crippen molar-refractivity contribution in [3.05, 3.63) is 11.3 Å². The van der Waals surface area contributed by atoms with Gasteiger partial charge in [0.25, 0.3) is 0 Å². The highest BCUT2D eigenvalue weighted by Crippen LogP contribution is 2.31. The lowest BCUT2D eigenvalue weighted by Crippen LogP contribution is -2.29. The van der Waals surface area contributed by atoms with Crippen LogP contribution < -0.4 is 4.90 Å². The van der Waals surface area contributed by atoms with E-state index in [2.05, 4.69) is 9.97 Å². The fourth-order valence-corrected chi connectivity index (χ4v) is 2.78. The van der Waals surface area contributed by atoms with Crippen molar-refractivity contribution in [3.8, 4) is 0 Å². The molecule has 0 radical (unpaired) electrons. The predicted molar refractivity (Wildman–Crippen MR) is 76.5 cm³/mol. The summed E-state index contributed by atoms with van der Waals surface area (Å²) in [4.78, 5) is 21.4. The molecule has 0 spiro atoms. The lowest BCUT2D eigenvalue weighted by molar-refractivity contribution is -0.0102. The van der Waals surface area contributed by atoms with Crippen molar-refractivity contribution < 1.29 is 18.7 Å². The zero-order valence-corrected chi connectivity index (χ0v) is 12.7. The highest BCUT2D eigenvalue weighted by Gasteiger charge is 2.33. The topological polar surface area (TPSA) is 66.3 Å². The van der Waals surface area contributed by atoms with Gasteiger partial charge in [-0.25, -0.2) is 23.5 Å². The van der Waals surface area contributed by atoms with Gasteiger partial charge in [0.2, 0.25) is 5.92 Å². The minimum atomic E-state index is -2.69. The van der Waals surface area contributed by atoms with Gasteiger partial charge in [-0.1, -0.05) is 11.8 Å². The van der Waals surface area contributed by atoms with Crippen LogP contribution in [0, 0.1) is 6.92 Å². The van der Waals surface area contributed by atoms with Crippen LogP contribution >= 0.6 is 11.8 Å². The molecule has 1 aliphatic rings. The molecule has 1 aliphatic heterocycles. The number of carboxylic acid groups (broad SMARTS) is 1. The van der Waals surface area contributed by atoms with Gasteiger partial charge in [0, 0.05) is 25.9 Å². The number of aryl methyl sites for hydroxylation is 1. The monoisotopic (exact) mass is 317 g/mol. The normalized spacial score (nSPS) is 18.4. The van der Waals surface area contributed by atoms with Gasteiger partial charge < -0.3 is 10.0 Å². The first-order valence-corrected chi connectivity index (χ1v) is 7.85. The van der Waals surface area contributed by atoms with Crippen molar-refractivity contribution in [1.29, 1.82) is 0 Å². The van der Waals surface area contributed by atoms with Crippen LogP contribution in [0.15, 0.2) is 5.16 Å². The minimum Gasteiger partial charge on any atom is -0.477 e. The molecule has 1 saturated heterocycles. The van der Waals surface area contributed by atoms with E-state index in [1.165, 1.54) is 11.8 Å². The second-order valence-corrected chi connectivity index (χ2v) is 5.77. The molecule has 8 heteroatoms. The molecule has 0 amide bonds. The fraction of sp³-hybridized carbons (Fsp3) is 0.615. The van der Waals surface area contributed by atoms with Crippen molar-refractivity contribution in [1.82, 2.24) is 9.97 Å². The first-order chi connectivity index (χ1) is 9.84.